The Morgan fingerprint density at radius 2 is 1.76 bits per heavy atom. The second-order valence-corrected chi connectivity index (χ2v) is 10.2. The first-order chi connectivity index (χ1) is 7.98. The molecule has 0 spiro atoms. The van der Waals surface area contributed by atoms with Crippen LogP contribution in [0.5, 0.6) is 0 Å². The summed E-state index contributed by atoms with van der Waals surface area (Å²) in [4.78, 5) is 11.6. The highest BCUT2D eigenvalue weighted by Crippen LogP contribution is 2.28. The van der Waals surface area contributed by atoms with Gasteiger partial charge in [-0.15, -0.1) is 0 Å². The molecular formula is C13H27NO2Si. The molecule has 1 aliphatic heterocycles. The van der Waals surface area contributed by atoms with Crippen LogP contribution in [0.4, 0.5) is 0 Å². The van der Waals surface area contributed by atoms with Crippen LogP contribution in [-0.2, 0) is 9.22 Å². The standard InChI is InChI=1S/C13H27NO2Si/c1-6-17(7-2,8-3)16-12-11(9-10(4)5)14-13(12)15/h10-12H,6-9H2,1-5H3,(H,14,15)/t11-,12+/m0/s1. The van der Waals surface area contributed by atoms with E-state index in [1.54, 1.807) is 0 Å². The Morgan fingerprint density at radius 3 is 2.12 bits per heavy atom. The summed E-state index contributed by atoms with van der Waals surface area (Å²) in [5.41, 5.74) is 0. The Balaban J connectivity index is 2.61. The quantitative estimate of drug-likeness (QED) is 0.562. The van der Waals surface area contributed by atoms with Gasteiger partial charge in [0.25, 0.3) is 0 Å². The summed E-state index contributed by atoms with van der Waals surface area (Å²) in [5.74, 6) is 0.704. The van der Waals surface area contributed by atoms with Crippen LogP contribution < -0.4 is 5.32 Å². The van der Waals surface area contributed by atoms with Crippen molar-refractivity contribution in [2.45, 2.75) is 71.3 Å². The molecule has 1 rings (SSSR count). The van der Waals surface area contributed by atoms with Crippen molar-refractivity contribution >= 4 is 14.2 Å². The molecular weight excluding hydrogens is 230 g/mol. The molecule has 0 aromatic heterocycles. The van der Waals surface area contributed by atoms with Crippen molar-refractivity contribution in [2.75, 3.05) is 0 Å². The van der Waals surface area contributed by atoms with Crippen LogP contribution in [0, 0.1) is 5.92 Å². The van der Waals surface area contributed by atoms with Crippen LogP contribution in [0.2, 0.25) is 18.1 Å². The SMILES string of the molecule is CC[Si](CC)(CC)O[C@H]1C(=O)N[C@H]1CC(C)C. The Bertz CT molecular complexity index is 256. The van der Waals surface area contributed by atoms with E-state index in [2.05, 4.69) is 39.9 Å². The third kappa shape index (κ3) is 3.32. The number of carbonyl (C=O) groups is 1. The van der Waals surface area contributed by atoms with Crippen LogP contribution in [-0.4, -0.2) is 26.4 Å². The second kappa shape index (κ2) is 6.00. The number of β-lactam (4-membered cyclic amide) rings is 1. The van der Waals surface area contributed by atoms with Crippen LogP contribution in [0.1, 0.15) is 41.0 Å². The summed E-state index contributed by atoms with van der Waals surface area (Å²) >= 11 is 0. The van der Waals surface area contributed by atoms with Gasteiger partial charge >= 0.3 is 0 Å². The van der Waals surface area contributed by atoms with Gasteiger partial charge in [0, 0.05) is 0 Å². The van der Waals surface area contributed by atoms with Gasteiger partial charge in [-0.2, -0.15) is 0 Å². The molecule has 1 heterocycles. The van der Waals surface area contributed by atoms with Crippen LogP contribution in [0.25, 0.3) is 0 Å². The lowest BCUT2D eigenvalue weighted by molar-refractivity contribution is -0.141. The van der Waals surface area contributed by atoms with Gasteiger partial charge in [0.2, 0.25) is 5.91 Å². The van der Waals surface area contributed by atoms with E-state index in [-0.39, 0.29) is 18.1 Å². The first-order valence-electron chi connectivity index (χ1n) is 6.96. The molecule has 1 fully saturated rings. The lowest BCUT2D eigenvalue weighted by Crippen LogP contribution is -2.66. The second-order valence-electron chi connectivity index (χ2n) is 5.53. The first-order valence-corrected chi connectivity index (χ1v) is 9.49. The average Bonchev–Trinajstić information content (AvgIpc) is 2.30. The number of rotatable bonds is 7. The largest absolute Gasteiger partial charge is 0.403 e. The molecule has 100 valence electrons. The van der Waals surface area contributed by atoms with Gasteiger partial charge in [-0.05, 0) is 30.5 Å². The van der Waals surface area contributed by atoms with Crippen LogP contribution in [0.3, 0.4) is 0 Å². The van der Waals surface area contributed by atoms with E-state index in [9.17, 15) is 4.79 Å². The fourth-order valence-corrected chi connectivity index (χ4v) is 5.33. The molecule has 2 atom stereocenters. The molecule has 1 N–H and O–H groups in total. The first kappa shape index (κ1) is 14.7. The molecule has 0 radical (unpaired) electrons. The number of hydrogen-bond acceptors (Lipinski definition) is 2. The summed E-state index contributed by atoms with van der Waals surface area (Å²) in [6.07, 6.45) is 0.863. The van der Waals surface area contributed by atoms with E-state index in [0.717, 1.165) is 24.6 Å². The molecule has 0 saturated carbocycles. The summed E-state index contributed by atoms with van der Waals surface area (Å²) in [6.45, 7) is 11.0. The molecule has 0 aromatic carbocycles. The molecule has 0 bridgehead atoms. The predicted octanol–water partition coefficient (Wildman–Crippen LogP) is 2.92. The molecule has 1 saturated heterocycles. The third-order valence-corrected chi connectivity index (χ3v) is 8.61. The Labute approximate surface area is 106 Å². The summed E-state index contributed by atoms with van der Waals surface area (Å²) < 4.78 is 6.27. The molecule has 0 aliphatic carbocycles. The van der Waals surface area contributed by atoms with E-state index < -0.39 is 8.32 Å². The van der Waals surface area contributed by atoms with Gasteiger partial charge in [-0.25, -0.2) is 0 Å². The van der Waals surface area contributed by atoms with Gasteiger partial charge in [-0.1, -0.05) is 34.6 Å². The number of amides is 1. The summed E-state index contributed by atoms with van der Waals surface area (Å²) in [6, 6.07) is 3.58. The average molecular weight is 257 g/mol. The Morgan fingerprint density at radius 1 is 1.24 bits per heavy atom. The normalized spacial score (nSPS) is 24.7. The van der Waals surface area contributed by atoms with Crippen LogP contribution in [0.15, 0.2) is 0 Å². The topological polar surface area (TPSA) is 38.3 Å². The molecule has 17 heavy (non-hydrogen) atoms. The minimum Gasteiger partial charge on any atom is -0.403 e. The maximum Gasteiger partial charge on any atom is 0.250 e. The van der Waals surface area contributed by atoms with Crippen molar-refractivity contribution in [3.8, 4) is 0 Å². The zero-order valence-corrected chi connectivity index (χ0v) is 12.9. The van der Waals surface area contributed by atoms with E-state index in [1.807, 2.05) is 0 Å². The Kier molecular flexibility index (Phi) is 5.19. The summed E-state index contributed by atoms with van der Waals surface area (Å²) in [5, 5.41) is 2.98. The van der Waals surface area contributed by atoms with Crippen LogP contribution >= 0.6 is 0 Å². The van der Waals surface area contributed by atoms with Gasteiger partial charge in [-0.3, -0.25) is 4.79 Å². The fraction of sp³-hybridized carbons (Fsp3) is 0.923. The molecule has 3 nitrogen and oxygen atoms in total. The molecule has 1 aliphatic rings. The van der Waals surface area contributed by atoms with Gasteiger partial charge in [0.15, 0.2) is 8.32 Å². The van der Waals surface area contributed by atoms with Crippen molar-refractivity contribution in [1.29, 1.82) is 0 Å². The molecule has 0 unspecified atom stereocenters. The third-order valence-electron chi connectivity index (χ3n) is 3.99. The van der Waals surface area contributed by atoms with E-state index in [0.29, 0.717) is 5.92 Å². The zero-order valence-electron chi connectivity index (χ0n) is 11.9. The highest BCUT2D eigenvalue weighted by Gasteiger charge is 2.45. The van der Waals surface area contributed by atoms with Crippen molar-refractivity contribution in [1.82, 2.24) is 5.32 Å². The maximum atomic E-state index is 11.6. The van der Waals surface area contributed by atoms with Crippen molar-refractivity contribution in [2.24, 2.45) is 5.92 Å². The van der Waals surface area contributed by atoms with E-state index in [1.165, 1.54) is 0 Å². The number of nitrogens with one attached hydrogen (secondary N) is 1. The molecule has 4 heteroatoms. The van der Waals surface area contributed by atoms with Crippen molar-refractivity contribution in [3.63, 3.8) is 0 Å². The highest BCUT2D eigenvalue weighted by molar-refractivity contribution is 6.73. The zero-order chi connectivity index (χ0) is 13.1. The lowest BCUT2D eigenvalue weighted by atomic mass is 9.93. The summed E-state index contributed by atoms with van der Waals surface area (Å²) in [7, 11) is -1.65. The smallest absolute Gasteiger partial charge is 0.250 e. The molecule has 0 aromatic rings. The van der Waals surface area contributed by atoms with Gasteiger partial charge in [0.1, 0.15) is 6.10 Å². The Hall–Kier alpha value is -0.353. The van der Waals surface area contributed by atoms with E-state index >= 15 is 0 Å². The maximum absolute atomic E-state index is 11.6. The number of hydrogen-bond donors (Lipinski definition) is 1. The van der Waals surface area contributed by atoms with Gasteiger partial charge in [0.05, 0.1) is 6.04 Å². The molecule has 1 amide bonds. The predicted molar refractivity (Wildman–Crippen MR) is 73.5 cm³/mol. The fourth-order valence-electron chi connectivity index (χ4n) is 2.52. The highest BCUT2D eigenvalue weighted by atomic mass is 28.4. The minimum absolute atomic E-state index is 0.0999. The minimum atomic E-state index is -1.65. The van der Waals surface area contributed by atoms with E-state index in [4.69, 9.17) is 4.43 Å². The van der Waals surface area contributed by atoms with Crippen molar-refractivity contribution < 1.29 is 9.22 Å². The van der Waals surface area contributed by atoms with Crippen molar-refractivity contribution in [3.05, 3.63) is 0 Å². The number of carbonyl (C=O) groups excluding carboxylic acids is 1. The monoisotopic (exact) mass is 257 g/mol. The lowest BCUT2D eigenvalue weighted by Gasteiger charge is -2.43. The van der Waals surface area contributed by atoms with Gasteiger partial charge < -0.3 is 9.74 Å².